The van der Waals surface area contributed by atoms with E-state index in [2.05, 4.69) is 0 Å². The molecule has 96 valence electrons. The smallest absolute Gasteiger partial charge is 0.324 e. The van der Waals surface area contributed by atoms with Crippen molar-refractivity contribution in [3.63, 3.8) is 0 Å². The molecule has 1 saturated heterocycles. The molecule has 5 nitrogen and oxygen atoms in total. The van der Waals surface area contributed by atoms with Gasteiger partial charge in [-0.25, -0.2) is 0 Å². The number of ketones is 2. The van der Waals surface area contributed by atoms with Crippen molar-refractivity contribution in [3.05, 3.63) is 24.3 Å². The van der Waals surface area contributed by atoms with Crippen LogP contribution in [-0.4, -0.2) is 34.9 Å². The summed E-state index contributed by atoms with van der Waals surface area (Å²) in [5.74, 6) is -2.66. The summed E-state index contributed by atoms with van der Waals surface area (Å²) in [6.45, 7) is 3.18. The van der Waals surface area contributed by atoms with Gasteiger partial charge in [-0.15, -0.1) is 0 Å². The van der Waals surface area contributed by atoms with E-state index >= 15 is 0 Å². The number of aliphatic hydroxyl groups excluding tert-OH is 1. The van der Waals surface area contributed by atoms with Crippen LogP contribution >= 0.6 is 0 Å². The highest BCUT2D eigenvalue weighted by molar-refractivity contribution is 6.17. The third kappa shape index (κ3) is 1.40. The summed E-state index contributed by atoms with van der Waals surface area (Å²) >= 11 is 0. The second kappa shape index (κ2) is 4.17. The van der Waals surface area contributed by atoms with Crippen molar-refractivity contribution in [2.45, 2.75) is 26.1 Å². The van der Waals surface area contributed by atoms with Crippen molar-refractivity contribution < 1.29 is 24.2 Å². The molecule has 0 aromatic heterocycles. The van der Waals surface area contributed by atoms with Crippen molar-refractivity contribution in [1.82, 2.24) is 0 Å². The minimum absolute atomic E-state index is 0.541. The number of carbonyl (C=O) groups excluding carboxylic acids is 3. The van der Waals surface area contributed by atoms with E-state index in [1.54, 1.807) is 19.1 Å². The molecule has 1 spiro atoms. The Labute approximate surface area is 104 Å². The second-order valence-corrected chi connectivity index (χ2v) is 4.50. The van der Waals surface area contributed by atoms with Crippen molar-refractivity contribution in [1.29, 1.82) is 0 Å². The molecule has 2 rings (SSSR count). The molecule has 1 aliphatic heterocycles. The molecule has 1 aliphatic carbocycles. The summed E-state index contributed by atoms with van der Waals surface area (Å²) in [7, 11) is 0. The first-order valence-corrected chi connectivity index (χ1v) is 5.74. The number of hydrogen-bond donors (Lipinski definition) is 1. The quantitative estimate of drug-likeness (QED) is 0.408. The van der Waals surface area contributed by atoms with Crippen LogP contribution in [0, 0.1) is 11.3 Å². The fourth-order valence-corrected chi connectivity index (χ4v) is 2.57. The average Bonchev–Trinajstić information content (AvgIpc) is 2.54. The Balaban J connectivity index is 2.62. The van der Waals surface area contributed by atoms with E-state index in [9.17, 15) is 19.5 Å². The molecule has 0 saturated carbocycles. The van der Waals surface area contributed by atoms with E-state index in [0.717, 1.165) is 0 Å². The van der Waals surface area contributed by atoms with E-state index in [1.165, 1.54) is 19.1 Å². The molecule has 0 aromatic carbocycles. The number of carbonyl (C=O) groups is 3. The van der Waals surface area contributed by atoms with E-state index < -0.39 is 41.1 Å². The Kier molecular flexibility index (Phi) is 2.94. The van der Waals surface area contributed by atoms with Crippen LogP contribution in [0.3, 0.4) is 0 Å². The highest BCUT2D eigenvalue weighted by atomic mass is 16.6. The minimum atomic E-state index is -1.81. The lowest BCUT2D eigenvalue weighted by Crippen LogP contribution is -2.55. The van der Waals surface area contributed by atoms with E-state index in [4.69, 9.17) is 4.74 Å². The number of allylic oxidation sites excluding steroid dienone is 3. The van der Waals surface area contributed by atoms with Gasteiger partial charge in [-0.2, -0.15) is 0 Å². The second-order valence-electron chi connectivity index (χ2n) is 4.50. The zero-order valence-electron chi connectivity index (χ0n) is 10.1. The molecule has 4 atom stereocenters. The first kappa shape index (κ1) is 12.7. The number of rotatable bonds is 1. The summed E-state index contributed by atoms with van der Waals surface area (Å²) in [5, 5.41) is 10.0. The Morgan fingerprint density at radius 2 is 2.06 bits per heavy atom. The van der Waals surface area contributed by atoms with Gasteiger partial charge in [0, 0.05) is 5.92 Å². The van der Waals surface area contributed by atoms with Crippen molar-refractivity contribution in [2.24, 2.45) is 11.3 Å². The molecule has 0 bridgehead atoms. The summed E-state index contributed by atoms with van der Waals surface area (Å²) in [5.41, 5.74) is -1.81. The number of hydrogen-bond acceptors (Lipinski definition) is 5. The van der Waals surface area contributed by atoms with Crippen LogP contribution in [0.1, 0.15) is 13.8 Å². The number of esters is 1. The first-order chi connectivity index (χ1) is 8.46. The average molecular weight is 250 g/mol. The van der Waals surface area contributed by atoms with Crippen LogP contribution in [0.5, 0.6) is 0 Å². The number of cyclic esters (lactones) is 1. The molecule has 3 unspecified atom stereocenters. The molecule has 1 heterocycles. The summed E-state index contributed by atoms with van der Waals surface area (Å²) in [4.78, 5) is 35.8. The third-order valence-corrected chi connectivity index (χ3v) is 3.49. The monoisotopic (exact) mass is 250 g/mol. The molecule has 0 amide bonds. The fourth-order valence-electron chi connectivity index (χ4n) is 2.57. The third-order valence-electron chi connectivity index (χ3n) is 3.49. The van der Waals surface area contributed by atoms with E-state index in [1.807, 2.05) is 0 Å². The van der Waals surface area contributed by atoms with Crippen molar-refractivity contribution in [3.8, 4) is 0 Å². The van der Waals surface area contributed by atoms with Gasteiger partial charge in [-0.05, 0) is 19.9 Å². The Morgan fingerprint density at radius 1 is 1.39 bits per heavy atom. The van der Waals surface area contributed by atoms with Crippen LogP contribution in [0.25, 0.3) is 0 Å². The Morgan fingerprint density at radius 3 is 2.56 bits per heavy atom. The number of aliphatic hydroxyl groups is 1. The van der Waals surface area contributed by atoms with Crippen molar-refractivity contribution >= 4 is 17.5 Å². The maximum Gasteiger partial charge on any atom is 0.324 e. The predicted molar refractivity (Wildman–Crippen MR) is 61.5 cm³/mol. The molecule has 1 N–H and O–H groups in total. The van der Waals surface area contributed by atoms with Gasteiger partial charge in [0.1, 0.15) is 6.10 Å². The zero-order valence-corrected chi connectivity index (χ0v) is 10.1. The topological polar surface area (TPSA) is 80.7 Å². The van der Waals surface area contributed by atoms with Gasteiger partial charge in [0.2, 0.25) is 0 Å². The summed E-state index contributed by atoms with van der Waals surface area (Å²) in [6.07, 6.45) is 3.34. The predicted octanol–water partition coefficient (Wildman–Crippen LogP) is 0.179. The highest BCUT2D eigenvalue weighted by Gasteiger charge is 2.65. The maximum absolute atomic E-state index is 12.2. The standard InChI is InChI=1S/C13H14O5/c1-3-4-8-5-6-9(14)11(16)13(8)10(15)7(2)18-12(13)17/h3-8,11,16H,1-2H3/b4-3+/t7?,8?,11-,13?/m1/s1. The molecule has 5 heteroatoms. The van der Waals surface area contributed by atoms with Gasteiger partial charge >= 0.3 is 5.97 Å². The van der Waals surface area contributed by atoms with Crippen LogP contribution < -0.4 is 0 Å². The normalized spacial score (nSPS) is 39.9. The molecule has 18 heavy (non-hydrogen) atoms. The zero-order chi connectivity index (χ0) is 13.5. The Hall–Kier alpha value is -1.75. The summed E-state index contributed by atoms with van der Waals surface area (Å²) < 4.78 is 4.89. The van der Waals surface area contributed by atoms with Gasteiger partial charge in [0.15, 0.2) is 23.1 Å². The van der Waals surface area contributed by atoms with Gasteiger partial charge in [-0.3, -0.25) is 14.4 Å². The van der Waals surface area contributed by atoms with Crippen LogP contribution in [0.2, 0.25) is 0 Å². The minimum Gasteiger partial charge on any atom is -0.454 e. The van der Waals surface area contributed by atoms with Crippen LogP contribution in [0.4, 0.5) is 0 Å². The molecular formula is C13H14O5. The van der Waals surface area contributed by atoms with Gasteiger partial charge < -0.3 is 9.84 Å². The molecular weight excluding hydrogens is 236 g/mol. The summed E-state index contributed by atoms with van der Waals surface area (Å²) in [6, 6.07) is 0. The van der Waals surface area contributed by atoms with Crippen LogP contribution in [-0.2, 0) is 19.1 Å². The van der Waals surface area contributed by atoms with Gasteiger partial charge in [-0.1, -0.05) is 18.2 Å². The molecule has 1 fully saturated rings. The fraction of sp³-hybridized carbons (Fsp3) is 0.462. The van der Waals surface area contributed by atoms with Gasteiger partial charge in [0.05, 0.1) is 0 Å². The van der Waals surface area contributed by atoms with E-state index in [-0.39, 0.29) is 0 Å². The lowest BCUT2D eigenvalue weighted by atomic mass is 9.64. The number of Topliss-reactive ketones (excluding diaryl/α,β-unsaturated/α-hetero) is 1. The van der Waals surface area contributed by atoms with Crippen molar-refractivity contribution in [2.75, 3.05) is 0 Å². The van der Waals surface area contributed by atoms with Crippen LogP contribution in [0.15, 0.2) is 24.3 Å². The first-order valence-electron chi connectivity index (χ1n) is 5.74. The van der Waals surface area contributed by atoms with Gasteiger partial charge in [0.25, 0.3) is 0 Å². The maximum atomic E-state index is 12.2. The molecule has 0 radical (unpaired) electrons. The molecule has 0 aromatic rings. The molecule has 2 aliphatic rings. The number of ether oxygens (including phenoxy) is 1. The largest absolute Gasteiger partial charge is 0.454 e. The highest BCUT2D eigenvalue weighted by Crippen LogP contribution is 2.45. The lowest BCUT2D eigenvalue weighted by Gasteiger charge is -2.34. The Bertz CT molecular complexity index is 476. The SMILES string of the molecule is C/C=C/C1C=CC(=O)[C@@H](O)C12C(=O)OC(C)C2=O. The lowest BCUT2D eigenvalue weighted by molar-refractivity contribution is -0.160. The van der Waals surface area contributed by atoms with E-state index in [0.29, 0.717) is 0 Å².